The van der Waals surface area contributed by atoms with E-state index < -0.39 is 11.9 Å². The molecule has 0 bridgehead atoms. The second-order valence-corrected chi connectivity index (χ2v) is 2.16. The molecule has 0 radical (unpaired) electrons. The lowest BCUT2D eigenvalue weighted by Gasteiger charge is -2.05. The molecule has 0 amide bonds. The largest absolute Gasteiger partial charge is 0.393 e. The SMILES string of the molecule is C=CC(CC)C(=O)OC(C)=O. The zero-order valence-electron chi connectivity index (χ0n) is 6.79. The van der Waals surface area contributed by atoms with Crippen LogP contribution in [-0.4, -0.2) is 11.9 Å². The molecule has 11 heavy (non-hydrogen) atoms. The van der Waals surface area contributed by atoms with Crippen LogP contribution in [0.1, 0.15) is 20.3 Å². The molecule has 0 aromatic heterocycles. The van der Waals surface area contributed by atoms with Gasteiger partial charge in [-0.1, -0.05) is 13.0 Å². The predicted molar refractivity (Wildman–Crippen MR) is 40.8 cm³/mol. The van der Waals surface area contributed by atoms with Gasteiger partial charge in [-0.25, -0.2) is 0 Å². The quantitative estimate of drug-likeness (QED) is 0.351. The lowest BCUT2D eigenvalue weighted by atomic mass is 10.1. The fourth-order valence-corrected chi connectivity index (χ4v) is 0.647. The molecule has 0 aromatic carbocycles. The molecule has 0 aromatic rings. The van der Waals surface area contributed by atoms with Gasteiger partial charge in [0.15, 0.2) is 0 Å². The Kier molecular flexibility index (Phi) is 4.18. The molecule has 0 aliphatic carbocycles. The third-order valence-electron chi connectivity index (χ3n) is 1.27. The van der Waals surface area contributed by atoms with Crippen LogP contribution in [0, 0.1) is 5.92 Å². The second kappa shape index (κ2) is 4.66. The van der Waals surface area contributed by atoms with Gasteiger partial charge in [0.1, 0.15) is 0 Å². The Morgan fingerprint density at radius 2 is 2.18 bits per heavy atom. The van der Waals surface area contributed by atoms with Gasteiger partial charge in [0.25, 0.3) is 0 Å². The van der Waals surface area contributed by atoms with Crippen molar-refractivity contribution in [3.05, 3.63) is 12.7 Å². The average molecular weight is 156 g/mol. The highest BCUT2D eigenvalue weighted by Crippen LogP contribution is 2.05. The maximum Gasteiger partial charge on any atom is 0.320 e. The number of ether oxygens (including phenoxy) is 1. The smallest absolute Gasteiger partial charge is 0.320 e. The van der Waals surface area contributed by atoms with E-state index in [9.17, 15) is 9.59 Å². The molecule has 0 aliphatic heterocycles. The van der Waals surface area contributed by atoms with Crippen LogP contribution in [-0.2, 0) is 14.3 Å². The van der Waals surface area contributed by atoms with Gasteiger partial charge in [0.05, 0.1) is 5.92 Å². The van der Waals surface area contributed by atoms with E-state index in [-0.39, 0.29) is 5.92 Å². The first-order valence-electron chi connectivity index (χ1n) is 3.46. The summed E-state index contributed by atoms with van der Waals surface area (Å²) in [5.41, 5.74) is 0. The summed E-state index contributed by atoms with van der Waals surface area (Å²) in [5, 5.41) is 0. The van der Waals surface area contributed by atoms with E-state index in [2.05, 4.69) is 11.3 Å². The Labute approximate surface area is 66.0 Å². The van der Waals surface area contributed by atoms with Gasteiger partial charge in [-0.15, -0.1) is 6.58 Å². The minimum absolute atomic E-state index is 0.362. The fourth-order valence-electron chi connectivity index (χ4n) is 0.647. The van der Waals surface area contributed by atoms with Crippen molar-refractivity contribution in [3.8, 4) is 0 Å². The highest BCUT2D eigenvalue weighted by atomic mass is 16.6. The molecule has 0 saturated heterocycles. The number of carbonyl (C=O) groups excluding carboxylic acids is 2. The maximum absolute atomic E-state index is 10.9. The van der Waals surface area contributed by atoms with Gasteiger partial charge in [0.2, 0.25) is 0 Å². The van der Waals surface area contributed by atoms with E-state index in [1.165, 1.54) is 13.0 Å². The second-order valence-electron chi connectivity index (χ2n) is 2.16. The first-order valence-corrected chi connectivity index (χ1v) is 3.46. The van der Waals surface area contributed by atoms with Crippen LogP contribution < -0.4 is 0 Å². The summed E-state index contributed by atoms with van der Waals surface area (Å²) < 4.78 is 4.35. The molecule has 0 saturated carbocycles. The Hall–Kier alpha value is -1.12. The first-order chi connectivity index (χ1) is 5.11. The molecule has 3 heteroatoms. The fraction of sp³-hybridized carbons (Fsp3) is 0.500. The predicted octanol–water partition coefficient (Wildman–Crippen LogP) is 1.29. The average Bonchev–Trinajstić information content (AvgIpc) is 1.88. The number of carbonyl (C=O) groups is 2. The van der Waals surface area contributed by atoms with Gasteiger partial charge >= 0.3 is 11.9 Å². The van der Waals surface area contributed by atoms with E-state index in [4.69, 9.17) is 0 Å². The van der Waals surface area contributed by atoms with Crippen molar-refractivity contribution < 1.29 is 14.3 Å². The lowest BCUT2D eigenvalue weighted by Crippen LogP contribution is -2.17. The van der Waals surface area contributed by atoms with E-state index in [0.29, 0.717) is 6.42 Å². The maximum atomic E-state index is 10.9. The minimum Gasteiger partial charge on any atom is -0.393 e. The van der Waals surface area contributed by atoms with Crippen LogP contribution in [0.15, 0.2) is 12.7 Å². The van der Waals surface area contributed by atoms with Crippen molar-refractivity contribution in [1.29, 1.82) is 0 Å². The van der Waals surface area contributed by atoms with Gasteiger partial charge < -0.3 is 4.74 Å². The van der Waals surface area contributed by atoms with Crippen molar-refractivity contribution >= 4 is 11.9 Å². The molecule has 3 nitrogen and oxygen atoms in total. The van der Waals surface area contributed by atoms with E-state index in [1.807, 2.05) is 6.92 Å². The third kappa shape index (κ3) is 3.55. The van der Waals surface area contributed by atoms with Gasteiger partial charge in [0, 0.05) is 6.92 Å². The van der Waals surface area contributed by atoms with Gasteiger partial charge in [-0.3, -0.25) is 9.59 Å². The van der Waals surface area contributed by atoms with E-state index in [0.717, 1.165) is 0 Å². The van der Waals surface area contributed by atoms with E-state index >= 15 is 0 Å². The zero-order valence-corrected chi connectivity index (χ0v) is 6.79. The molecule has 0 fully saturated rings. The number of rotatable bonds is 3. The van der Waals surface area contributed by atoms with Crippen LogP contribution in [0.25, 0.3) is 0 Å². The number of esters is 2. The van der Waals surface area contributed by atoms with Crippen LogP contribution in [0.2, 0.25) is 0 Å². The Bertz CT molecular complexity index is 172. The highest BCUT2D eigenvalue weighted by molar-refractivity contribution is 5.86. The lowest BCUT2D eigenvalue weighted by molar-refractivity contribution is -0.160. The van der Waals surface area contributed by atoms with Crippen LogP contribution in [0.4, 0.5) is 0 Å². The summed E-state index contributed by atoms with van der Waals surface area (Å²) in [4.78, 5) is 21.2. The van der Waals surface area contributed by atoms with Gasteiger partial charge in [-0.2, -0.15) is 0 Å². The highest BCUT2D eigenvalue weighted by Gasteiger charge is 2.15. The minimum atomic E-state index is -0.574. The molecule has 62 valence electrons. The first kappa shape index (κ1) is 9.88. The van der Waals surface area contributed by atoms with Crippen molar-refractivity contribution in [2.24, 2.45) is 5.92 Å². The topological polar surface area (TPSA) is 43.4 Å². The normalized spacial score (nSPS) is 11.8. The van der Waals surface area contributed by atoms with Crippen molar-refractivity contribution in [2.75, 3.05) is 0 Å². The molecule has 0 rings (SSSR count). The molecule has 0 N–H and O–H groups in total. The van der Waals surface area contributed by atoms with Crippen molar-refractivity contribution in [1.82, 2.24) is 0 Å². The molecule has 0 heterocycles. The summed E-state index contributed by atoms with van der Waals surface area (Å²) in [7, 11) is 0. The van der Waals surface area contributed by atoms with Crippen LogP contribution in [0.5, 0.6) is 0 Å². The summed E-state index contributed by atoms with van der Waals surface area (Å²) in [6.45, 7) is 6.48. The van der Waals surface area contributed by atoms with Crippen LogP contribution in [0.3, 0.4) is 0 Å². The standard InChI is InChI=1S/C8H12O3/c1-4-7(5-2)8(10)11-6(3)9/h4,7H,1,5H2,2-3H3. The Balaban J connectivity index is 3.99. The van der Waals surface area contributed by atoms with Gasteiger partial charge in [-0.05, 0) is 6.42 Å². The summed E-state index contributed by atoms with van der Waals surface area (Å²) in [6, 6.07) is 0. The molecular weight excluding hydrogens is 144 g/mol. The van der Waals surface area contributed by atoms with Crippen molar-refractivity contribution in [2.45, 2.75) is 20.3 Å². The molecule has 0 spiro atoms. The number of hydrogen-bond donors (Lipinski definition) is 0. The summed E-state index contributed by atoms with van der Waals surface area (Å²) in [5.74, 6) is -1.45. The molecule has 1 unspecified atom stereocenters. The summed E-state index contributed by atoms with van der Waals surface area (Å²) >= 11 is 0. The van der Waals surface area contributed by atoms with Crippen molar-refractivity contribution in [3.63, 3.8) is 0 Å². The zero-order chi connectivity index (χ0) is 8.85. The third-order valence-corrected chi connectivity index (χ3v) is 1.27. The molecular formula is C8H12O3. The van der Waals surface area contributed by atoms with Crippen LogP contribution >= 0.6 is 0 Å². The Morgan fingerprint density at radius 3 is 2.45 bits per heavy atom. The Morgan fingerprint density at radius 1 is 1.64 bits per heavy atom. The summed E-state index contributed by atoms with van der Waals surface area (Å²) in [6.07, 6.45) is 2.08. The molecule has 1 atom stereocenters. The molecule has 0 aliphatic rings. The monoisotopic (exact) mass is 156 g/mol. The number of hydrogen-bond acceptors (Lipinski definition) is 3. The van der Waals surface area contributed by atoms with E-state index in [1.54, 1.807) is 0 Å².